The fraction of sp³-hybridized carbons (Fsp3) is 0.135. The molecule has 0 N–H and O–H groups in total. The fourth-order valence-electron chi connectivity index (χ4n) is 22.0. The molecule has 15 aromatic rings. The number of rotatable bonds is 6. The molecule has 0 aromatic heterocycles. The number of fused-ring (bicyclic) bond motifs is 26. The molecule has 22 rings (SSSR count). The van der Waals surface area contributed by atoms with Crippen molar-refractivity contribution in [2.24, 2.45) is 0 Å². The van der Waals surface area contributed by atoms with Crippen LogP contribution in [-0.4, -0.2) is 0 Å². The van der Waals surface area contributed by atoms with Crippen LogP contribution in [0.25, 0.3) is 122 Å². The molecule has 0 amide bonds. The van der Waals surface area contributed by atoms with Crippen LogP contribution in [-0.2, 0) is 32.5 Å². The van der Waals surface area contributed by atoms with Gasteiger partial charge in [0.25, 0.3) is 0 Å². The number of benzene rings is 15. The molecule has 0 nitrogen and oxygen atoms in total. The first-order valence-corrected chi connectivity index (χ1v) is 37.5. The minimum atomic E-state index is -0.957. The van der Waals surface area contributed by atoms with E-state index in [1.165, 1.54) is 211 Å². The molecule has 0 fully saturated rings. The van der Waals surface area contributed by atoms with E-state index in [1.807, 2.05) is 0 Å². The SMILES string of the molecule is CC1(C)c2ccccc2-c2c(-c3cc(-c4cccc5c4-c4ccccc4C5(C)C)cc(C4(c5cc(-c6cccc7c6-c6ccccc6C7(C)C)cc(-c6cccc7c6-c6ccccc6C7(C)C)c5)c5ccccc5-c5c4ccc4c5-c5ccccc5C45c4ccccc4-c4ccccc45)c3)cccc21. The number of hydrogen-bond acceptors (Lipinski definition) is 0. The average molecular weight is 1330 g/mol. The zero-order chi connectivity index (χ0) is 69.7. The maximum absolute atomic E-state index is 2.66. The van der Waals surface area contributed by atoms with Crippen molar-refractivity contribution in [2.75, 3.05) is 0 Å². The third kappa shape index (κ3) is 7.34. The monoisotopic (exact) mass is 1320 g/mol. The second-order valence-corrected chi connectivity index (χ2v) is 32.8. The molecule has 1 spiro atoms. The molecule has 0 heterocycles. The summed E-state index contributed by atoms with van der Waals surface area (Å²) in [6.45, 7) is 19.4. The summed E-state index contributed by atoms with van der Waals surface area (Å²) in [5.41, 5.74) is 47.2. The molecule has 0 bridgehead atoms. The lowest BCUT2D eigenvalue weighted by atomic mass is 9.65. The highest BCUT2D eigenvalue weighted by molar-refractivity contribution is 6.07. The Labute approximate surface area is 610 Å². The molecule has 0 atom stereocenters. The van der Waals surface area contributed by atoms with Gasteiger partial charge in [-0.3, -0.25) is 0 Å². The molecule has 104 heavy (non-hydrogen) atoms. The lowest BCUT2D eigenvalue weighted by Crippen LogP contribution is -2.29. The van der Waals surface area contributed by atoms with E-state index in [0.717, 1.165) is 0 Å². The van der Waals surface area contributed by atoms with Gasteiger partial charge in [-0.2, -0.15) is 0 Å². The van der Waals surface area contributed by atoms with E-state index in [-0.39, 0.29) is 21.7 Å². The molecule has 0 unspecified atom stereocenters. The van der Waals surface area contributed by atoms with E-state index in [9.17, 15) is 0 Å². The smallest absolute Gasteiger partial charge is 0.0619 e. The van der Waals surface area contributed by atoms with Gasteiger partial charge in [0, 0.05) is 21.7 Å². The average Bonchev–Trinajstić information content (AvgIpc) is 1.48. The first-order valence-electron chi connectivity index (χ1n) is 37.5. The molecule has 0 saturated heterocycles. The van der Waals surface area contributed by atoms with E-state index >= 15 is 0 Å². The summed E-state index contributed by atoms with van der Waals surface area (Å²) < 4.78 is 0. The molecule has 0 heteroatoms. The van der Waals surface area contributed by atoms with Gasteiger partial charge in [-0.25, -0.2) is 0 Å². The first kappa shape index (κ1) is 59.9. The second-order valence-electron chi connectivity index (χ2n) is 32.8. The molecule has 0 aliphatic heterocycles. The first-order chi connectivity index (χ1) is 50.6. The van der Waals surface area contributed by atoms with Crippen molar-refractivity contribution < 1.29 is 0 Å². The summed E-state index contributed by atoms with van der Waals surface area (Å²) in [6.07, 6.45) is 0. The minimum absolute atomic E-state index is 0.214. The van der Waals surface area contributed by atoms with Crippen LogP contribution in [0.4, 0.5) is 0 Å². The Bertz CT molecular complexity index is 5810. The largest absolute Gasteiger partial charge is 0.0725 e. The highest BCUT2D eigenvalue weighted by Crippen LogP contribution is 2.69. The predicted molar refractivity (Wildman–Crippen MR) is 432 cm³/mol. The van der Waals surface area contributed by atoms with Crippen LogP contribution in [0.15, 0.2) is 315 Å². The zero-order valence-corrected chi connectivity index (χ0v) is 60.0. The number of hydrogen-bond donors (Lipinski definition) is 0. The van der Waals surface area contributed by atoms with Crippen molar-refractivity contribution in [3.8, 4) is 122 Å². The Morgan fingerprint density at radius 1 is 0.144 bits per heavy atom. The molecule has 492 valence electrons. The second kappa shape index (κ2) is 20.6. The molecule has 15 aromatic carbocycles. The summed E-state index contributed by atoms with van der Waals surface area (Å²) in [6, 6.07) is 124. The quantitative estimate of drug-likeness (QED) is 0.156. The van der Waals surface area contributed by atoms with Gasteiger partial charge in [-0.1, -0.05) is 334 Å². The summed E-state index contributed by atoms with van der Waals surface area (Å²) in [4.78, 5) is 0. The van der Waals surface area contributed by atoms with Crippen LogP contribution in [0.2, 0.25) is 0 Å². The molecule has 0 saturated carbocycles. The normalized spacial score (nSPS) is 16.3. The maximum atomic E-state index is 2.66. The highest BCUT2D eigenvalue weighted by atomic mass is 14.6. The third-order valence-electron chi connectivity index (χ3n) is 26.6. The topological polar surface area (TPSA) is 0 Å². The van der Waals surface area contributed by atoms with Crippen molar-refractivity contribution in [3.05, 3.63) is 404 Å². The third-order valence-corrected chi connectivity index (χ3v) is 26.6. The lowest BCUT2D eigenvalue weighted by Gasteiger charge is -2.36. The van der Waals surface area contributed by atoms with Crippen LogP contribution >= 0.6 is 0 Å². The van der Waals surface area contributed by atoms with Crippen molar-refractivity contribution in [1.29, 1.82) is 0 Å². The summed E-state index contributed by atoms with van der Waals surface area (Å²) >= 11 is 0. The molecule has 7 aliphatic carbocycles. The summed E-state index contributed by atoms with van der Waals surface area (Å²) in [5.74, 6) is 0. The van der Waals surface area contributed by atoms with Gasteiger partial charge in [-0.15, -0.1) is 0 Å². The highest BCUT2D eigenvalue weighted by Gasteiger charge is 2.56. The fourth-order valence-corrected chi connectivity index (χ4v) is 22.0. The molecule has 7 aliphatic rings. The van der Waals surface area contributed by atoms with Gasteiger partial charge < -0.3 is 0 Å². The van der Waals surface area contributed by atoms with Gasteiger partial charge in [0.2, 0.25) is 0 Å². The van der Waals surface area contributed by atoms with Crippen molar-refractivity contribution in [3.63, 3.8) is 0 Å². The predicted octanol–water partition coefficient (Wildman–Crippen LogP) is 26.3. The summed E-state index contributed by atoms with van der Waals surface area (Å²) in [5, 5.41) is 0. The Hall–Kier alpha value is -11.7. The Kier molecular flexibility index (Phi) is 11.8. The molecule has 0 radical (unpaired) electrons. The van der Waals surface area contributed by atoms with Crippen LogP contribution in [0, 0.1) is 0 Å². The van der Waals surface area contributed by atoms with Gasteiger partial charge in [0.15, 0.2) is 0 Å². The van der Waals surface area contributed by atoms with E-state index < -0.39 is 10.8 Å². The zero-order valence-electron chi connectivity index (χ0n) is 60.0. The Balaban J connectivity index is 0.928. The van der Waals surface area contributed by atoms with Crippen LogP contribution < -0.4 is 0 Å². The Morgan fingerprint density at radius 3 is 0.635 bits per heavy atom. The molecular weight excluding hydrogens is 1250 g/mol. The Morgan fingerprint density at radius 2 is 0.346 bits per heavy atom. The van der Waals surface area contributed by atoms with Gasteiger partial charge >= 0.3 is 0 Å². The van der Waals surface area contributed by atoms with E-state index in [2.05, 4.69) is 371 Å². The van der Waals surface area contributed by atoms with Crippen LogP contribution in [0.5, 0.6) is 0 Å². The van der Waals surface area contributed by atoms with Gasteiger partial charge in [0.05, 0.1) is 10.8 Å². The lowest BCUT2D eigenvalue weighted by molar-refractivity contribution is 0.660. The van der Waals surface area contributed by atoms with Crippen molar-refractivity contribution >= 4 is 0 Å². The minimum Gasteiger partial charge on any atom is -0.0619 e. The van der Waals surface area contributed by atoms with Gasteiger partial charge in [0.1, 0.15) is 0 Å². The van der Waals surface area contributed by atoms with E-state index in [1.54, 1.807) is 0 Å². The van der Waals surface area contributed by atoms with E-state index in [0.29, 0.717) is 0 Å². The van der Waals surface area contributed by atoms with E-state index in [4.69, 9.17) is 0 Å². The standard InChI is InChI=1S/C104H76/c1-99(2)79-41-17-11-31-73(79)93-67(37-25-49-87(93)99)61-55-62(68-38-26-50-88-94(68)74-32-12-18-42-80(74)100(88,3)4)58-65(57-61)103(85-47-23-15-35-77(85)97-91(103)53-54-92-98(97)78-36-16-24-48-86(78)104(92)83-45-21-9-29-71(83)72-30-10-22-46-84(72)104)66-59-63(69-39-27-51-89-95(69)75-33-13-19-43-81(75)101(89,5)6)56-64(60-66)70-40-28-52-90-96(70)76-34-14-20-44-82(76)102(90,7)8/h9-60H,1-8H3. The van der Waals surface area contributed by atoms with Crippen LogP contribution in [0.1, 0.15) is 144 Å². The maximum Gasteiger partial charge on any atom is 0.0725 e. The summed E-state index contributed by atoms with van der Waals surface area (Å²) in [7, 11) is 0. The van der Waals surface area contributed by atoms with Crippen molar-refractivity contribution in [1.82, 2.24) is 0 Å². The van der Waals surface area contributed by atoms with Gasteiger partial charge in [-0.05, 0) is 248 Å². The van der Waals surface area contributed by atoms with Crippen molar-refractivity contribution in [2.45, 2.75) is 87.9 Å². The van der Waals surface area contributed by atoms with Crippen LogP contribution in [0.3, 0.4) is 0 Å². The molecular formula is C104H76.